The highest BCUT2D eigenvalue weighted by atomic mass is 35.5. The summed E-state index contributed by atoms with van der Waals surface area (Å²) in [7, 11) is 0. The lowest BCUT2D eigenvalue weighted by atomic mass is 9.96. The van der Waals surface area contributed by atoms with Crippen molar-refractivity contribution in [3.05, 3.63) is 28.8 Å². The van der Waals surface area contributed by atoms with E-state index in [-0.39, 0.29) is 0 Å². The number of ether oxygens (including phenoxy) is 1. The molecule has 14 heavy (non-hydrogen) atoms. The standard InChI is InChI=1S/C11H14ClNO/c12-9-5-4-8(7-13)11(6-9)14-10-2-1-3-10/h4-6,10H,1-3,7,13H2. The molecule has 0 radical (unpaired) electrons. The van der Waals surface area contributed by atoms with E-state index in [4.69, 9.17) is 22.1 Å². The van der Waals surface area contributed by atoms with Crippen molar-refractivity contribution in [3.63, 3.8) is 0 Å². The lowest BCUT2D eigenvalue weighted by Gasteiger charge is -2.27. The van der Waals surface area contributed by atoms with Crippen LogP contribution in [-0.4, -0.2) is 6.10 Å². The summed E-state index contributed by atoms with van der Waals surface area (Å²) in [5.41, 5.74) is 6.64. The van der Waals surface area contributed by atoms with Crippen LogP contribution in [0.25, 0.3) is 0 Å². The lowest BCUT2D eigenvalue weighted by molar-refractivity contribution is 0.119. The zero-order valence-electron chi connectivity index (χ0n) is 8.00. The minimum atomic E-state index is 0.374. The molecular weight excluding hydrogens is 198 g/mol. The number of benzene rings is 1. The minimum absolute atomic E-state index is 0.374. The topological polar surface area (TPSA) is 35.2 Å². The first-order valence-corrected chi connectivity index (χ1v) is 5.32. The molecule has 1 aromatic carbocycles. The van der Waals surface area contributed by atoms with Gasteiger partial charge in [0.1, 0.15) is 5.75 Å². The van der Waals surface area contributed by atoms with Crippen LogP contribution in [0.2, 0.25) is 5.02 Å². The number of nitrogens with two attached hydrogens (primary N) is 1. The second kappa shape index (κ2) is 4.20. The average Bonchev–Trinajstić information content (AvgIpc) is 2.12. The summed E-state index contributed by atoms with van der Waals surface area (Å²) in [6.07, 6.45) is 3.94. The molecule has 1 aromatic rings. The summed E-state index contributed by atoms with van der Waals surface area (Å²) < 4.78 is 5.79. The summed E-state index contributed by atoms with van der Waals surface area (Å²) in [4.78, 5) is 0. The molecule has 76 valence electrons. The van der Waals surface area contributed by atoms with Crippen molar-refractivity contribution in [2.75, 3.05) is 0 Å². The highest BCUT2D eigenvalue weighted by Crippen LogP contribution is 2.29. The lowest BCUT2D eigenvalue weighted by Crippen LogP contribution is -2.25. The van der Waals surface area contributed by atoms with Crippen LogP contribution >= 0.6 is 11.6 Å². The van der Waals surface area contributed by atoms with Crippen molar-refractivity contribution in [2.45, 2.75) is 31.9 Å². The Morgan fingerprint density at radius 1 is 1.43 bits per heavy atom. The summed E-state index contributed by atoms with van der Waals surface area (Å²) >= 11 is 5.90. The summed E-state index contributed by atoms with van der Waals surface area (Å²) in [5.74, 6) is 0.852. The molecule has 1 aliphatic rings. The van der Waals surface area contributed by atoms with Crippen LogP contribution in [0.15, 0.2) is 18.2 Å². The van der Waals surface area contributed by atoms with Gasteiger partial charge in [0.25, 0.3) is 0 Å². The first kappa shape index (κ1) is 9.81. The molecule has 3 heteroatoms. The van der Waals surface area contributed by atoms with Gasteiger partial charge in [0.05, 0.1) is 6.10 Å². The molecule has 0 aromatic heterocycles. The Labute approximate surface area is 89.0 Å². The zero-order chi connectivity index (χ0) is 9.97. The molecule has 2 nitrogen and oxygen atoms in total. The minimum Gasteiger partial charge on any atom is -0.490 e. The number of rotatable bonds is 3. The average molecular weight is 212 g/mol. The van der Waals surface area contributed by atoms with E-state index < -0.39 is 0 Å². The Bertz CT molecular complexity index is 323. The van der Waals surface area contributed by atoms with Crippen LogP contribution in [-0.2, 0) is 6.54 Å². The van der Waals surface area contributed by atoms with Gasteiger partial charge < -0.3 is 10.5 Å². The van der Waals surface area contributed by atoms with Gasteiger partial charge in [0.2, 0.25) is 0 Å². The van der Waals surface area contributed by atoms with Crippen LogP contribution in [0, 0.1) is 0 Å². The summed E-state index contributed by atoms with van der Waals surface area (Å²) in [6, 6.07) is 5.62. The largest absolute Gasteiger partial charge is 0.490 e. The molecule has 1 aliphatic carbocycles. The number of halogens is 1. The maximum atomic E-state index is 5.90. The Morgan fingerprint density at radius 2 is 2.21 bits per heavy atom. The van der Waals surface area contributed by atoms with Gasteiger partial charge in [0.15, 0.2) is 0 Å². The zero-order valence-corrected chi connectivity index (χ0v) is 8.76. The van der Waals surface area contributed by atoms with Gasteiger partial charge >= 0.3 is 0 Å². The van der Waals surface area contributed by atoms with Crippen molar-refractivity contribution >= 4 is 11.6 Å². The van der Waals surface area contributed by atoms with Gasteiger partial charge in [-0.15, -0.1) is 0 Å². The van der Waals surface area contributed by atoms with Crippen molar-refractivity contribution in [3.8, 4) is 5.75 Å². The second-order valence-corrected chi connectivity index (χ2v) is 4.06. The van der Waals surface area contributed by atoms with Crippen LogP contribution < -0.4 is 10.5 Å². The molecule has 0 amide bonds. The molecule has 0 atom stereocenters. The third kappa shape index (κ3) is 2.02. The Kier molecular flexibility index (Phi) is 2.94. The highest BCUT2D eigenvalue weighted by Gasteiger charge is 2.20. The van der Waals surface area contributed by atoms with Crippen LogP contribution in [0.1, 0.15) is 24.8 Å². The Balaban J connectivity index is 2.15. The molecule has 1 saturated carbocycles. The second-order valence-electron chi connectivity index (χ2n) is 3.63. The van der Waals surface area contributed by atoms with Gasteiger partial charge in [-0.1, -0.05) is 17.7 Å². The maximum Gasteiger partial charge on any atom is 0.125 e. The SMILES string of the molecule is NCc1ccc(Cl)cc1OC1CCC1. The van der Waals surface area contributed by atoms with Crippen molar-refractivity contribution in [1.29, 1.82) is 0 Å². The fourth-order valence-corrected chi connectivity index (χ4v) is 1.64. The van der Waals surface area contributed by atoms with Gasteiger partial charge in [-0.05, 0) is 31.4 Å². The molecule has 0 spiro atoms. The van der Waals surface area contributed by atoms with Crippen LogP contribution in [0.3, 0.4) is 0 Å². The van der Waals surface area contributed by atoms with Crippen LogP contribution in [0.4, 0.5) is 0 Å². The van der Waals surface area contributed by atoms with E-state index >= 15 is 0 Å². The predicted molar refractivity (Wildman–Crippen MR) is 57.6 cm³/mol. The highest BCUT2D eigenvalue weighted by molar-refractivity contribution is 6.30. The fraction of sp³-hybridized carbons (Fsp3) is 0.455. The van der Waals surface area contributed by atoms with E-state index in [0.29, 0.717) is 17.7 Å². The Hall–Kier alpha value is -0.730. The van der Waals surface area contributed by atoms with E-state index in [9.17, 15) is 0 Å². The molecule has 0 saturated heterocycles. The van der Waals surface area contributed by atoms with Crippen LogP contribution in [0.5, 0.6) is 5.75 Å². The number of hydrogen-bond acceptors (Lipinski definition) is 2. The first-order valence-electron chi connectivity index (χ1n) is 4.95. The Morgan fingerprint density at radius 3 is 2.79 bits per heavy atom. The summed E-state index contributed by atoms with van der Waals surface area (Å²) in [6.45, 7) is 0.499. The molecule has 0 bridgehead atoms. The third-order valence-electron chi connectivity index (χ3n) is 2.59. The van der Waals surface area contributed by atoms with E-state index in [1.54, 1.807) is 0 Å². The monoisotopic (exact) mass is 211 g/mol. The van der Waals surface area contributed by atoms with Gasteiger partial charge in [-0.25, -0.2) is 0 Å². The number of hydrogen-bond donors (Lipinski definition) is 1. The van der Waals surface area contributed by atoms with Gasteiger partial charge in [-0.3, -0.25) is 0 Å². The molecule has 0 unspecified atom stereocenters. The predicted octanol–water partition coefficient (Wildman–Crippen LogP) is 2.73. The van der Waals surface area contributed by atoms with Crippen molar-refractivity contribution in [2.24, 2.45) is 5.73 Å². The maximum absolute atomic E-state index is 5.90. The smallest absolute Gasteiger partial charge is 0.125 e. The van der Waals surface area contributed by atoms with Crippen molar-refractivity contribution < 1.29 is 4.74 Å². The van der Waals surface area contributed by atoms with E-state index in [0.717, 1.165) is 24.2 Å². The third-order valence-corrected chi connectivity index (χ3v) is 2.83. The molecule has 2 rings (SSSR count). The van der Waals surface area contributed by atoms with E-state index in [2.05, 4.69) is 0 Å². The fourth-order valence-electron chi connectivity index (χ4n) is 1.47. The molecular formula is C11H14ClNO. The molecule has 2 N–H and O–H groups in total. The van der Waals surface area contributed by atoms with E-state index in [1.165, 1.54) is 6.42 Å². The van der Waals surface area contributed by atoms with Crippen molar-refractivity contribution in [1.82, 2.24) is 0 Å². The molecule has 0 aliphatic heterocycles. The molecule has 0 heterocycles. The van der Waals surface area contributed by atoms with Gasteiger partial charge in [-0.2, -0.15) is 0 Å². The van der Waals surface area contributed by atoms with Gasteiger partial charge in [0, 0.05) is 17.1 Å². The quantitative estimate of drug-likeness (QED) is 0.835. The van der Waals surface area contributed by atoms with E-state index in [1.807, 2.05) is 18.2 Å². The first-order chi connectivity index (χ1) is 6.79. The molecule has 1 fully saturated rings. The normalized spacial score (nSPS) is 16.4. The summed E-state index contributed by atoms with van der Waals surface area (Å²) in [5, 5.41) is 0.705.